The molecule has 6 nitrogen and oxygen atoms in total. The maximum Gasteiger partial charge on any atom is 0.307 e. The quantitative estimate of drug-likeness (QED) is 0.814. The van der Waals surface area contributed by atoms with Crippen molar-refractivity contribution in [2.24, 2.45) is 7.05 Å². The van der Waals surface area contributed by atoms with Gasteiger partial charge in [-0.05, 0) is 32.2 Å². The molecule has 0 bridgehead atoms. The number of ether oxygens (including phenoxy) is 1. The molecule has 7 heteroatoms. The van der Waals surface area contributed by atoms with Gasteiger partial charge in [0.05, 0.1) is 31.2 Å². The zero-order valence-electron chi connectivity index (χ0n) is 14.6. The average molecular weight is 349 g/mol. The number of hydrogen-bond acceptors (Lipinski definition) is 5. The highest BCUT2D eigenvalue weighted by Crippen LogP contribution is 2.26. The molecule has 1 amide bonds. The average Bonchev–Trinajstić information content (AvgIpc) is 3.15. The van der Waals surface area contributed by atoms with E-state index in [1.807, 2.05) is 45.3 Å². The SMILES string of the molecule is COC(=O)C[C@H](NC(=O)[C@@H](C)c1c(C)nn(C)c1C)c1cccs1. The first-order valence-electron chi connectivity index (χ1n) is 7.75. The van der Waals surface area contributed by atoms with E-state index in [0.717, 1.165) is 21.8 Å². The minimum atomic E-state index is -0.385. The van der Waals surface area contributed by atoms with E-state index < -0.39 is 0 Å². The zero-order valence-corrected chi connectivity index (χ0v) is 15.4. The first kappa shape index (κ1) is 18.2. The van der Waals surface area contributed by atoms with E-state index in [0.29, 0.717) is 0 Å². The third-order valence-electron chi connectivity index (χ3n) is 4.19. The van der Waals surface area contributed by atoms with Crippen LogP contribution in [-0.2, 0) is 21.4 Å². The molecule has 0 radical (unpaired) electrons. The number of carbonyl (C=O) groups excluding carboxylic acids is 2. The zero-order chi connectivity index (χ0) is 17.9. The number of nitrogens with one attached hydrogen (secondary N) is 1. The monoisotopic (exact) mass is 349 g/mol. The Kier molecular flexibility index (Phi) is 5.77. The number of hydrogen-bond donors (Lipinski definition) is 1. The number of aryl methyl sites for hydroxylation is 2. The van der Waals surface area contributed by atoms with Crippen molar-refractivity contribution >= 4 is 23.2 Å². The van der Waals surface area contributed by atoms with Gasteiger partial charge in [-0.2, -0.15) is 5.10 Å². The van der Waals surface area contributed by atoms with Gasteiger partial charge in [0, 0.05) is 23.2 Å². The molecule has 2 atom stereocenters. The summed E-state index contributed by atoms with van der Waals surface area (Å²) in [7, 11) is 3.21. The Hall–Kier alpha value is -2.15. The minimum absolute atomic E-state index is 0.112. The number of thiophene rings is 1. The van der Waals surface area contributed by atoms with Gasteiger partial charge in [0.15, 0.2) is 0 Å². The molecule has 0 unspecified atom stereocenters. The van der Waals surface area contributed by atoms with E-state index in [1.54, 1.807) is 4.68 Å². The molecule has 2 rings (SSSR count). The lowest BCUT2D eigenvalue weighted by Crippen LogP contribution is -2.33. The Labute approximate surface area is 145 Å². The van der Waals surface area contributed by atoms with Crippen LogP contribution in [-0.4, -0.2) is 28.8 Å². The molecule has 24 heavy (non-hydrogen) atoms. The molecule has 0 spiro atoms. The second-order valence-corrected chi connectivity index (χ2v) is 6.77. The largest absolute Gasteiger partial charge is 0.469 e. The maximum atomic E-state index is 12.7. The Morgan fingerprint density at radius 1 is 1.42 bits per heavy atom. The van der Waals surface area contributed by atoms with Crippen LogP contribution < -0.4 is 5.32 Å². The van der Waals surface area contributed by atoms with Crippen molar-refractivity contribution in [3.8, 4) is 0 Å². The van der Waals surface area contributed by atoms with Crippen molar-refractivity contribution < 1.29 is 14.3 Å². The third-order valence-corrected chi connectivity index (χ3v) is 5.18. The van der Waals surface area contributed by atoms with Gasteiger partial charge >= 0.3 is 5.97 Å². The summed E-state index contributed by atoms with van der Waals surface area (Å²) < 4.78 is 6.53. The molecule has 0 saturated heterocycles. The summed E-state index contributed by atoms with van der Waals surface area (Å²) in [5.74, 6) is -0.828. The highest BCUT2D eigenvalue weighted by atomic mass is 32.1. The van der Waals surface area contributed by atoms with Crippen LogP contribution in [0.5, 0.6) is 0 Å². The summed E-state index contributed by atoms with van der Waals surface area (Å²) in [5, 5.41) is 9.27. The number of carbonyl (C=O) groups is 2. The second-order valence-electron chi connectivity index (χ2n) is 5.79. The smallest absolute Gasteiger partial charge is 0.307 e. The first-order valence-corrected chi connectivity index (χ1v) is 8.63. The van der Waals surface area contributed by atoms with E-state index >= 15 is 0 Å². The normalized spacial score (nSPS) is 13.4. The van der Waals surface area contributed by atoms with E-state index in [4.69, 9.17) is 4.74 Å². The number of amides is 1. The van der Waals surface area contributed by atoms with Gasteiger partial charge in [-0.3, -0.25) is 14.3 Å². The van der Waals surface area contributed by atoms with Gasteiger partial charge in [-0.25, -0.2) is 0 Å². The fourth-order valence-electron chi connectivity index (χ4n) is 2.81. The van der Waals surface area contributed by atoms with Gasteiger partial charge in [0.1, 0.15) is 0 Å². The van der Waals surface area contributed by atoms with E-state index in [9.17, 15) is 9.59 Å². The predicted molar refractivity (Wildman–Crippen MR) is 92.9 cm³/mol. The summed E-state index contributed by atoms with van der Waals surface area (Å²) in [6.45, 7) is 5.71. The van der Waals surface area contributed by atoms with Crippen LogP contribution in [0.3, 0.4) is 0 Å². The van der Waals surface area contributed by atoms with Gasteiger partial charge < -0.3 is 10.1 Å². The Bertz CT molecular complexity index is 722. The summed E-state index contributed by atoms with van der Waals surface area (Å²) in [6.07, 6.45) is 0.112. The number of rotatable bonds is 6. The molecule has 130 valence electrons. The lowest BCUT2D eigenvalue weighted by molar-refractivity contribution is -0.141. The lowest BCUT2D eigenvalue weighted by Gasteiger charge is -2.20. The molecule has 0 aromatic carbocycles. The van der Waals surface area contributed by atoms with Crippen LogP contribution in [0.4, 0.5) is 0 Å². The van der Waals surface area contributed by atoms with Crippen molar-refractivity contribution in [2.75, 3.05) is 7.11 Å². The molecular weight excluding hydrogens is 326 g/mol. The van der Waals surface area contributed by atoms with Gasteiger partial charge in [0.25, 0.3) is 0 Å². The van der Waals surface area contributed by atoms with Crippen LogP contribution >= 0.6 is 11.3 Å². The second kappa shape index (κ2) is 7.61. The number of aromatic nitrogens is 2. The van der Waals surface area contributed by atoms with Crippen molar-refractivity contribution in [1.29, 1.82) is 0 Å². The van der Waals surface area contributed by atoms with Crippen molar-refractivity contribution in [3.05, 3.63) is 39.3 Å². The number of nitrogens with zero attached hydrogens (tertiary/aromatic N) is 2. The highest BCUT2D eigenvalue weighted by Gasteiger charge is 2.26. The Morgan fingerprint density at radius 2 is 2.12 bits per heavy atom. The van der Waals surface area contributed by atoms with Gasteiger partial charge in [0.2, 0.25) is 5.91 Å². The third kappa shape index (κ3) is 3.84. The Balaban J connectivity index is 2.19. The molecule has 2 heterocycles. The minimum Gasteiger partial charge on any atom is -0.469 e. The molecule has 0 fully saturated rings. The van der Waals surface area contributed by atoms with Crippen molar-refractivity contribution in [2.45, 2.75) is 39.2 Å². The summed E-state index contributed by atoms with van der Waals surface area (Å²) in [4.78, 5) is 25.3. The first-order chi connectivity index (χ1) is 11.3. The van der Waals surface area contributed by atoms with Gasteiger partial charge in [-0.1, -0.05) is 6.07 Å². The number of methoxy groups -OCH3 is 1. The van der Waals surface area contributed by atoms with E-state index in [-0.39, 0.29) is 30.3 Å². The maximum absolute atomic E-state index is 12.7. The molecule has 1 N–H and O–H groups in total. The molecular formula is C17H23N3O3S. The Morgan fingerprint density at radius 3 is 2.62 bits per heavy atom. The summed E-state index contributed by atoms with van der Waals surface area (Å²) >= 11 is 1.50. The molecule has 2 aromatic rings. The molecule has 0 aliphatic heterocycles. The number of esters is 1. The van der Waals surface area contributed by atoms with Crippen LogP contribution in [0.2, 0.25) is 0 Å². The summed E-state index contributed by atoms with van der Waals surface area (Å²) in [5.41, 5.74) is 2.74. The van der Waals surface area contributed by atoms with Crippen LogP contribution in [0.15, 0.2) is 17.5 Å². The van der Waals surface area contributed by atoms with Crippen LogP contribution in [0.25, 0.3) is 0 Å². The molecule has 0 saturated carbocycles. The predicted octanol–water partition coefficient (Wildman–Crippen LogP) is 2.62. The van der Waals surface area contributed by atoms with Crippen molar-refractivity contribution in [3.63, 3.8) is 0 Å². The highest BCUT2D eigenvalue weighted by molar-refractivity contribution is 7.10. The summed E-state index contributed by atoms with van der Waals surface area (Å²) in [6, 6.07) is 3.42. The fraction of sp³-hybridized carbons (Fsp3) is 0.471. The molecule has 0 aliphatic rings. The van der Waals surface area contributed by atoms with Crippen LogP contribution in [0, 0.1) is 13.8 Å². The molecule has 2 aromatic heterocycles. The van der Waals surface area contributed by atoms with Crippen molar-refractivity contribution in [1.82, 2.24) is 15.1 Å². The lowest BCUT2D eigenvalue weighted by atomic mass is 9.97. The molecule has 0 aliphatic carbocycles. The standard InChI is InChI=1S/C17H23N3O3S/c1-10(16-11(2)19-20(4)12(16)3)17(22)18-13(9-15(21)23-5)14-7-6-8-24-14/h6-8,10,13H,9H2,1-5H3,(H,18,22)/t10-,13-/m0/s1. The van der Waals surface area contributed by atoms with E-state index in [1.165, 1.54) is 18.4 Å². The van der Waals surface area contributed by atoms with Gasteiger partial charge in [-0.15, -0.1) is 11.3 Å². The van der Waals surface area contributed by atoms with E-state index in [2.05, 4.69) is 10.4 Å². The fourth-order valence-corrected chi connectivity index (χ4v) is 3.58. The topological polar surface area (TPSA) is 73.2 Å². The van der Waals surface area contributed by atoms with Crippen LogP contribution in [0.1, 0.15) is 47.1 Å².